The van der Waals surface area contributed by atoms with Crippen LogP contribution in [0.4, 0.5) is 5.82 Å². The number of nitrogens with one attached hydrogen (secondary N) is 1. The first-order valence-electron chi connectivity index (χ1n) is 11.7. The van der Waals surface area contributed by atoms with E-state index in [0.717, 1.165) is 22.5 Å². The number of aromatic nitrogens is 2. The Balaban J connectivity index is 1.67. The Morgan fingerprint density at radius 2 is 1.71 bits per heavy atom. The van der Waals surface area contributed by atoms with Crippen LogP contribution in [0.5, 0.6) is 0 Å². The molecule has 1 saturated heterocycles. The molecule has 0 aliphatic carbocycles. The average Bonchev–Trinajstić information content (AvgIpc) is 2.73. The highest BCUT2D eigenvalue weighted by molar-refractivity contribution is 5.90. The lowest BCUT2D eigenvalue weighted by Crippen LogP contribution is -2.37. The third-order valence-corrected chi connectivity index (χ3v) is 6.79. The predicted molar refractivity (Wildman–Crippen MR) is 131 cm³/mol. The minimum absolute atomic E-state index is 0.177. The molecule has 2 heterocycles. The van der Waals surface area contributed by atoms with Crippen LogP contribution in [0.25, 0.3) is 10.9 Å². The Bertz CT molecular complexity index is 1060. The van der Waals surface area contributed by atoms with Crippen LogP contribution in [0.2, 0.25) is 0 Å². The highest BCUT2D eigenvalue weighted by Gasteiger charge is 2.24. The van der Waals surface area contributed by atoms with Crippen LogP contribution < -0.4 is 5.32 Å². The van der Waals surface area contributed by atoms with Gasteiger partial charge in [-0.05, 0) is 102 Å². The lowest BCUT2D eigenvalue weighted by molar-refractivity contribution is 0.172. The molecule has 1 aliphatic rings. The second-order valence-corrected chi connectivity index (χ2v) is 9.53. The molecule has 4 nitrogen and oxygen atoms in total. The quantitative estimate of drug-likeness (QED) is 0.529. The zero-order chi connectivity index (χ0) is 22.1. The third-order valence-electron chi connectivity index (χ3n) is 6.79. The number of piperidine rings is 1. The summed E-state index contributed by atoms with van der Waals surface area (Å²) in [6, 6.07) is 14.1. The zero-order valence-corrected chi connectivity index (χ0v) is 19.9. The van der Waals surface area contributed by atoms with Gasteiger partial charge in [0.25, 0.3) is 0 Å². The minimum Gasteiger partial charge on any atom is -0.363 e. The first kappa shape index (κ1) is 21.8. The molecule has 1 aliphatic heterocycles. The van der Waals surface area contributed by atoms with E-state index in [1.165, 1.54) is 48.2 Å². The number of benzene rings is 2. The Morgan fingerprint density at radius 1 is 0.968 bits per heavy atom. The van der Waals surface area contributed by atoms with Crippen molar-refractivity contribution in [3.63, 3.8) is 0 Å². The summed E-state index contributed by atoms with van der Waals surface area (Å²) in [5.74, 6) is 2.36. The maximum Gasteiger partial charge on any atom is 0.138 e. The molecule has 0 spiro atoms. The standard InChI is InChI=1S/C27H36N4/c1-17(2)31-12-10-22(11-13-31)24-16-25-26(15-19(24)4)29-21(6)30-27(25)28-20(5)23-9-7-8-18(3)14-23/h7-9,14-17,20,22H,10-13H2,1-6H3,(H,28,29,30)/t20-/m1/s1. The molecule has 0 amide bonds. The number of nitrogens with zero attached hydrogens (tertiary/aromatic N) is 3. The molecule has 1 atom stereocenters. The Labute approximate surface area is 187 Å². The van der Waals surface area contributed by atoms with E-state index >= 15 is 0 Å². The molecule has 1 fully saturated rings. The molecule has 4 heteroatoms. The van der Waals surface area contributed by atoms with Crippen LogP contribution in [0, 0.1) is 20.8 Å². The normalized spacial score (nSPS) is 16.7. The SMILES string of the molecule is Cc1cccc([C@@H](C)Nc2nc(C)nc3cc(C)c(C4CCN(C(C)C)CC4)cc23)c1. The summed E-state index contributed by atoms with van der Waals surface area (Å²) in [7, 11) is 0. The molecule has 0 bridgehead atoms. The third kappa shape index (κ3) is 4.74. The second-order valence-electron chi connectivity index (χ2n) is 9.53. The van der Waals surface area contributed by atoms with Gasteiger partial charge in [-0.1, -0.05) is 29.8 Å². The number of hydrogen-bond acceptors (Lipinski definition) is 4. The van der Waals surface area contributed by atoms with Gasteiger partial charge in [0.05, 0.1) is 5.52 Å². The predicted octanol–water partition coefficient (Wildman–Crippen LogP) is 6.32. The largest absolute Gasteiger partial charge is 0.363 e. The second kappa shape index (κ2) is 8.96. The zero-order valence-electron chi connectivity index (χ0n) is 19.9. The topological polar surface area (TPSA) is 41.1 Å². The van der Waals surface area contributed by atoms with Gasteiger partial charge in [-0.15, -0.1) is 0 Å². The van der Waals surface area contributed by atoms with Crippen molar-refractivity contribution in [3.05, 3.63) is 64.5 Å². The number of fused-ring (bicyclic) bond motifs is 1. The molecule has 1 N–H and O–H groups in total. The van der Waals surface area contributed by atoms with E-state index in [9.17, 15) is 0 Å². The summed E-state index contributed by atoms with van der Waals surface area (Å²) in [6.07, 6.45) is 2.44. The molecule has 31 heavy (non-hydrogen) atoms. The average molecular weight is 417 g/mol. The number of hydrogen-bond donors (Lipinski definition) is 1. The number of aryl methyl sites for hydroxylation is 3. The Morgan fingerprint density at radius 3 is 2.39 bits per heavy atom. The molecule has 0 radical (unpaired) electrons. The van der Waals surface area contributed by atoms with Crippen molar-refractivity contribution < 1.29 is 0 Å². The first-order valence-corrected chi connectivity index (χ1v) is 11.7. The Kier molecular flexibility index (Phi) is 6.29. The van der Waals surface area contributed by atoms with Gasteiger partial charge < -0.3 is 10.2 Å². The molecule has 4 rings (SSSR count). The molecule has 164 valence electrons. The van der Waals surface area contributed by atoms with Crippen molar-refractivity contribution in [1.29, 1.82) is 0 Å². The summed E-state index contributed by atoms with van der Waals surface area (Å²) in [5, 5.41) is 4.82. The van der Waals surface area contributed by atoms with E-state index in [-0.39, 0.29) is 6.04 Å². The number of anilines is 1. The molecular formula is C27H36N4. The van der Waals surface area contributed by atoms with Crippen molar-refractivity contribution in [2.24, 2.45) is 0 Å². The summed E-state index contributed by atoms with van der Waals surface area (Å²) in [5.41, 5.74) is 6.41. The van der Waals surface area contributed by atoms with Crippen molar-refractivity contribution in [3.8, 4) is 0 Å². The van der Waals surface area contributed by atoms with Crippen molar-refractivity contribution >= 4 is 16.7 Å². The van der Waals surface area contributed by atoms with E-state index in [1.807, 2.05) is 6.92 Å². The fourth-order valence-corrected chi connectivity index (χ4v) is 4.92. The molecule has 1 aromatic heterocycles. The minimum atomic E-state index is 0.177. The molecular weight excluding hydrogens is 380 g/mol. The van der Waals surface area contributed by atoms with Gasteiger partial charge in [-0.3, -0.25) is 0 Å². The van der Waals surface area contributed by atoms with Gasteiger partial charge in [-0.25, -0.2) is 9.97 Å². The molecule has 2 aromatic carbocycles. The fourth-order valence-electron chi connectivity index (χ4n) is 4.92. The van der Waals surface area contributed by atoms with Gasteiger partial charge in [0.15, 0.2) is 0 Å². The van der Waals surface area contributed by atoms with Crippen molar-refractivity contribution in [2.75, 3.05) is 18.4 Å². The van der Waals surface area contributed by atoms with Gasteiger partial charge in [0.1, 0.15) is 11.6 Å². The summed E-state index contributed by atoms with van der Waals surface area (Å²) >= 11 is 0. The van der Waals surface area contributed by atoms with Crippen LogP contribution in [0.1, 0.15) is 73.7 Å². The lowest BCUT2D eigenvalue weighted by atomic mass is 9.85. The highest BCUT2D eigenvalue weighted by Crippen LogP contribution is 2.35. The van der Waals surface area contributed by atoms with Gasteiger partial charge in [-0.2, -0.15) is 0 Å². The van der Waals surface area contributed by atoms with E-state index in [0.29, 0.717) is 12.0 Å². The van der Waals surface area contributed by atoms with Gasteiger partial charge in [0.2, 0.25) is 0 Å². The first-order chi connectivity index (χ1) is 14.8. The van der Waals surface area contributed by atoms with Crippen LogP contribution in [-0.2, 0) is 0 Å². The Hall–Kier alpha value is -2.46. The van der Waals surface area contributed by atoms with Crippen molar-refractivity contribution in [2.45, 2.75) is 72.4 Å². The summed E-state index contributed by atoms with van der Waals surface area (Å²) in [6.45, 7) is 15.5. The van der Waals surface area contributed by atoms with Crippen LogP contribution in [0.15, 0.2) is 36.4 Å². The molecule has 0 unspecified atom stereocenters. The molecule has 3 aromatic rings. The highest BCUT2D eigenvalue weighted by atomic mass is 15.1. The van der Waals surface area contributed by atoms with Crippen LogP contribution >= 0.6 is 0 Å². The summed E-state index contributed by atoms with van der Waals surface area (Å²) in [4.78, 5) is 12.2. The number of likely N-dealkylation sites (tertiary alicyclic amines) is 1. The smallest absolute Gasteiger partial charge is 0.138 e. The lowest BCUT2D eigenvalue weighted by Gasteiger charge is -2.35. The van der Waals surface area contributed by atoms with E-state index in [4.69, 9.17) is 9.97 Å². The summed E-state index contributed by atoms with van der Waals surface area (Å²) < 4.78 is 0. The number of rotatable bonds is 5. The fraction of sp³-hybridized carbons (Fsp3) is 0.481. The monoisotopic (exact) mass is 416 g/mol. The van der Waals surface area contributed by atoms with E-state index in [1.54, 1.807) is 0 Å². The van der Waals surface area contributed by atoms with E-state index < -0.39 is 0 Å². The van der Waals surface area contributed by atoms with Crippen LogP contribution in [0.3, 0.4) is 0 Å². The van der Waals surface area contributed by atoms with Gasteiger partial charge in [0, 0.05) is 17.5 Å². The van der Waals surface area contributed by atoms with E-state index in [2.05, 4.69) is 81.2 Å². The van der Waals surface area contributed by atoms with Gasteiger partial charge >= 0.3 is 0 Å². The maximum atomic E-state index is 4.81. The maximum absolute atomic E-state index is 4.81. The molecule has 0 saturated carbocycles. The van der Waals surface area contributed by atoms with Crippen LogP contribution in [-0.4, -0.2) is 34.0 Å². The van der Waals surface area contributed by atoms with Crippen molar-refractivity contribution in [1.82, 2.24) is 14.9 Å².